The first-order valence-corrected chi connectivity index (χ1v) is 28.5. The third-order valence-electron chi connectivity index (χ3n) is 5.12. The SMILES string of the molecule is C[Si](C)(C)N(P(C1=CC=CC1)P(C1=CC=CC1)N([Si](C)(C)C)[Si](C)(C)C)[Si](C)(C)C. The summed E-state index contributed by atoms with van der Waals surface area (Å²) in [4.78, 5) is 0. The van der Waals surface area contributed by atoms with Crippen LogP contribution in [-0.4, -0.2) is 40.9 Å². The normalized spacial score (nSPS) is 20.2. The minimum absolute atomic E-state index is 0.336. The lowest BCUT2D eigenvalue weighted by atomic mass is 10.5. The van der Waals surface area contributed by atoms with E-state index in [4.69, 9.17) is 0 Å². The number of hydrogen-bond donors (Lipinski definition) is 0. The molecule has 0 aromatic rings. The van der Waals surface area contributed by atoms with Crippen LogP contribution in [-0.2, 0) is 0 Å². The molecule has 0 saturated heterocycles. The van der Waals surface area contributed by atoms with Crippen LogP contribution in [0.3, 0.4) is 0 Å². The predicted molar refractivity (Wildman–Crippen MR) is 155 cm³/mol. The summed E-state index contributed by atoms with van der Waals surface area (Å²) in [5, 5.41) is 3.49. The van der Waals surface area contributed by atoms with Crippen molar-refractivity contribution in [2.24, 2.45) is 0 Å². The first-order chi connectivity index (χ1) is 13.5. The van der Waals surface area contributed by atoms with E-state index in [0.717, 1.165) is 0 Å². The van der Waals surface area contributed by atoms with Gasteiger partial charge in [-0.2, -0.15) is 0 Å². The second kappa shape index (κ2) is 9.46. The summed E-state index contributed by atoms with van der Waals surface area (Å²) in [6.45, 7) is 31.2. The molecule has 2 nitrogen and oxygen atoms in total. The van der Waals surface area contributed by atoms with Gasteiger partial charge in [-0.05, 0) is 23.5 Å². The average molecular weight is 513 g/mol. The van der Waals surface area contributed by atoms with Crippen LogP contribution in [0.25, 0.3) is 0 Å². The quantitative estimate of drug-likeness (QED) is 0.224. The number of allylic oxidation sites excluding steroid dienone is 8. The van der Waals surface area contributed by atoms with Crippen molar-refractivity contribution < 1.29 is 0 Å². The van der Waals surface area contributed by atoms with Gasteiger partial charge in [0.25, 0.3) is 0 Å². The summed E-state index contributed by atoms with van der Waals surface area (Å²) in [6, 6.07) is 0. The molecular weight excluding hydrogens is 467 g/mol. The predicted octanol–water partition coefficient (Wildman–Crippen LogP) is 9.33. The van der Waals surface area contributed by atoms with Crippen molar-refractivity contribution in [2.45, 2.75) is 91.4 Å². The molecule has 2 aliphatic carbocycles. The second-order valence-corrected chi connectivity index (χ2v) is 39.4. The van der Waals surface area contributed by atoms with Crippen molar-refractivity contribution >= 4 is 48.5 Å². The Kier molecular flexibility index (Phi) is 8.47. The number of rotatable bonds is 9. The third-order valence-corrected chi connectivity index (χ3v) is 36.4. The fourth-order valence-electron chi connectivity index (χ4n) is 4.99. The lowest BCUT2D eigenvalue weighted by molar-refractivity contribution is 0.956. The summed E-state index contributed by atoms with van der Waals surface area (Å²) in [7, 11) is -6.68. The molecule has 0 aliphatic heterocycles. The molecule has 0 N–H and O–H groups in total. The van der Waals surface area contributed by atoms with Crippen molar-refractivity contribution in [3.63, 3.8) is 0 Å². The lowest BCUT2D eigenvalue weighted by Crippen LogP contribution is -2.59. The summed E-state index contributed by atoms with van der Waals surface area (Å²) in [5.41, 5.74) is 0. The summed E-state index contributed by atoms with van der Waals surface area (Å²) in [5.74, 6) is 0. The highest BCUT2D eigenvalue weighted by Gasteiger charge is 2.50. The lowest BCUT2D eigenvalue weighted by Gasteiger charge is -2.58. The van der Waals surface area contributed by atoms with Crippen LogP contribution in [0.4, 0.5) is 0 Å². The minimum atomic E-state index is -1.50. The monoisotopic (exact) mass is 512 g/mol. The number of hydrogen-bond acceptors (Lipinski definition) is 2. The zero-order chi connectivity index (χ0) is 23.1. The van der Waals surface area contributed by atoms with Gasteiger partial charge in [-0.3, -0.25) is 0 Å². The first kappa shape index (κ1) is 26.9. The van der Waals surface area contributed by atoms with E-state index in [1.165, 1.54) is 12.8 Å². The van der Waals surface area contributed by atoms with Gasteiger partial charge in [0.15, 0.2) is 0 Å². The van der Waals surface area contributed by atoms with Gasteiger partial charge >= 0.3 is 0 Å². The zero-order valence-corrected chi connectivity index (χ0v) is 27.5. The van der Waals surface area contributed by atoms with Crippen LogP contribution < -0.4 is 0 Å². The fourth-order valence-corrected chi connectivity index (χ4v) is 50.1. The Morgan fingerprint density at radius 1 is 0.533 bits per heavy atom. The Morgan fingerprint density at radius 2 is 0.800 bits per heavy atom. The Bertz CT molecular complexity index is 655. The third kappa shape index (κ3) is 6.35. The molecule has 0 spiro atoms. The second-order valence-electron chi connectivity index (χ2n) is 12.5. The summed E-state index contributed by atoms with van der Waals surface area (Å²) in [6.07, 6.45) is 16.8. The molecule has 0 fully saturated rings. The van der Waals surface area contributed by atoms with Crippen molar-refractivity contribution in [3.8, 4) is 0 Å². The topological polar surface area (TPSA) is 6.48 Å². The van der Waals surface area contributed by atoms with Crippen LogP contribution in [0.2, 0.25) is 78.6 Å². The highest BCUT2D eigenvalue weighted by molar-refractivity contribution is 8.33. The van der Waals surface area contributed by atoms with Gasteiger partial charge in [0, 0.05) is 15.5 Å². The van der Waals surface area contributed by atoms with Gasteiger partial charge in [-0.1, -0.05) is 115 Å². The molecule has 2 atom stereocenters. The van der Waals surface area contributed by atoms with E-state index in [0.29, 0.717) is 0 Å². The molecule has 0 aromatic carbocycles. The molecule has 2 rings (SSSR count). The highest BCUT2D eigenvalue weighted by atomic mass is 32.1. The molecule has 170 valence electrons. The van der Waals surface area contributed by atoms with Gasteiger partial charge in [-0.25, -0.2) is 0 Å². The van der Waals surface area contributed by atoms with E-state index in [1.54, 1.807) is 10.6 Å². The molecule has 0 radical (unpaired) electrons. The van der Waals surface area contributed by atoms with Crippen molar-refractivity contribution in [1.82, 2.24) is 8.00 Å². The van der Waals surface area contributed by atoms with E-state index in [1.807, 2.05) is 0 Å². The van der Waals surface area contributed by atoms with E-state index in [9.17, 15) is 0 Å². The van der Waals surface area contributed by atoms with Gasteiger partial charge < -0.3 is 8.00 Å². The van der Waals surface area contributed by atoms with Crippen LogP contribution in [0.5, 0.6) is 0 Å². The Balaban J connectivity index is 2.80. The summed E-state index contributed by atoms with van der Waals surface area (Å²) >= 11 is 0. The molecule has 0 heterocycles. The van der Waals surface area contributed by atoms with Crippen LogP contribution in [0.1, 0.15) is 12.8 Å². The smallest absolute Gasteiger partial charge is 0.116 e. The van der Waals surface area contributed by atoms with E-state index >= 15 is 0 Å². The number of nitrogens with zero attached hydrogens (tertiary/aromatic N) is 2. The van der Waals surface area contributed by atoms with Gasteiger partial charge in [0.1, 0.15) is 32.9 Å². The van der Waals surface area contributed by atoms with E-state index in [-0.39, 0.29) is 15.5 Å². The summed E-state index contributed by atoms with van der Waals surface area (Å²) < 4.78 is 6.40. The molecule has 0 amide bonds. The molecule has 2 aliphatic rings. The maximum absolute atomic E-state index is 3.20. The van der Waals surface area contributed by atoms with Crippen LogP contribution in [0.15, 0.2) is 47.1 Å². The van der Waals surface area contributed by atoms with Gasteiger partial charge in [0.05, 0.1) is 0 Å². The highest BCUT2D eigenvalue weighted by Crippen LogP contribution is 2.84. The largest absolute Gasteiger partial charge is 0.316 e. The van der Waals surface area contributed by atoms with Crippen LogP contribution >= 0.6 is 15.5 Å². The molecule has 0 saturated carbocycles. The average Bonchev–Trinajstić information content (AvgIpc) is 3.17. The maximum Gasteiger partial charge on any atom is 0.116 e. The fraction of sp³-hybridized carbons (Fsp3) is 0.636. The van der Waals surface area contributed by atoms with Crippen LogP contribution in [0, 0.1) is 0 Å². The van der Waals surface area contributed by atoms with Crippen molar-refractivity contribution in [3.05, 3.63) is 47.1 Å². The maximum atomic E-state index is 3.20. The zero-order valence-electron chi connectivity index (χ0n) is 21.7. The standard InChI is InChI=1S/C22H46N2P2Si4/c1-27(2,3)23(28(4,5)6)25(21-17-13-14-18-21)26(22-19-15-16-20-22)24(29(7,8)9)30(10,11)12/h13-17,19H,18,20H2,1-12H3. The molecular formula is C22H46N2P2Si4. The Hall–Kier alpha value is 0.608. The van der Waals surface area contributed by atoms with Crippen molar-refractivity contribution in [2.75, 3.05) is 0 Å². The van der Waals surface area contributed by atoms with Crippen molar-refractivity contribution in [1.29, 1.82) is 0 Å². The molecule has 30 heavy (non-hydrogen) atoms. The van der Waals surface area contributed by atoms with E-state index < -0.39 is 32.9 Å². The molecule has 0 bridgehead atoms. The Morgan fingerprint density at radius 3 is 0.967 bits per heavy atom. The Labute approximate surface area is 194 Å². The minimum Gasteiger partial charge on any atom is -0.316 e. The molecule has 0 aromatic heterocycles. The first-order valence-electron chi connectivity index (χ1n) is 11.4. The van der Waals surface area contributed by atoms with E-state index in [2.05, 4.69) is 123 Å². The molecule has 8 heteroatoms. The van der Waals surface area contributed by atoms with Gasteiger partial charge in [-0.15, -0.1) is 0 Å². The van der Waals surface area contributed by atoms with Gasteiger partial charge in [0.2, 0.25) is 0 Å². The molecule has 2 unspecified atom stereocenters.